The predicted octanol–water partition coefficient (Wildman–Crippen LogP) is 4.06. The third-order valence-corrected chi connectivity index (χ3v) is 6.97. The molecule has 0 bridgehead atoms. The molecule has 7 heteroatoms. The molecule has 0 spiro atoms. The van der Waals surface area contributed by atoms with Crippen molar-refractivity contribution in [1.82, 2.24) is 9.29 Å². The summed E-state index contributed by atoms with van der Waals surface area (Å²) < 4.78 is 27.2. The number of hydrogen-bond acceptors (Lipinski definition) is 4. The van der Waals surface area contributed by atoms with Crippen LogP contribution in [0.15, 0.2) is 71.6 Å². The van der Waals surface area contributed by atoms with Crippen LogP contribution in [-0.4, -0.2) is 36.7 Å². The lowest BCUT2D eigenvalue weighted by Crippen LogP contribution is -2.35. The number of fused-ring (bicyclic) bond motifs is 1. The number of rotatable bonds is 5. The Bertz CT molecular complexity index is 1200. The maximum atomic E-state index is 12.8. The number of nitrogens with one attached hydrogen (secondary N) is 1. The molecule has 0 radical (unpaired) electrons. The number of anilines is 1. The van der Waals surface area contributed by atoms with Crippen LogP contribution in [0.5, 0.6) is 0 Å². The number of carbonyl (C=O) groups excluding carboxylic acids is 1. The maximum absolute atomic E-state index is 12.8. The van der Waals surface area contributed by atoms with Gasteiger partial charge in [0, 0.05) is 30.2 Å². The fourth-order valence-corrected chi connectivity index (χ4v) is 5.07. The minimum atomic E-state index is -3.54. The summed E-state index contributed by atoms with van der Waals surface area (Å²) >= 11 is 0. The molecule has 1 aliphatic rings. The van der Waals surface area contributed by atoms with E-state index in [9.17, 15) is 13.2 Å². The van der Waals surface area contributed by atoms with E-state index in [0.717, 1.165) is 30.2 Å². The Morgan fingerprint density at radius 1 is 0.967 bits per heavy atom. The van der Waals surface area contributed by atoms with Gasteiger partial charge in [-0.3, -0.25) is 4.79 Å². The zero-order valence-electron chi connectivity index (χ0n) is 16.5. The Morgan fingerprint density at radius 3 is 2.60 bits per heavy atom. The highest BCUT2D eigenvalue weighted by molar-refractivity contribution is 7.89. The Labute approximate surface area is 176 Å². The molecule has 6 nitrogen and oxygen atoms in total. The lowest BCUT2D eigenvalue weighted by Gasteiger charge is -2.26. The molecule has 1 aromatic heterocycles. The van der Waals surface area contributed by atoms with E-state index in [-0.39, 0.29) is 10.8 Å². The fraction of sp³-hybridized carbons (Fsp3) is 0.217. The lowest BCUT2D eigenvalue weighted by atomic mass is 10.2. The third kappa shape index (κ3) is 4.58. The van der Waals surface area contributed by atoms with Crippen LogP contribution in [0.1, 0.15) is 25.0 Å². The standard InChI is InChI=1S/C23H23N3O3S/c27-23(14-13-19-12-11-18-7-2-3-10-22(18)24-19)25-20-8-6-9-21(17-20)30(28,29)26-15-4-1-5-16-26/h2-3,6-14,17H,1,4-5,15-16H2,(H,25,27). The van der Waals surface area contributed by atoms with Gasteiger partial charge in [0.25, 0.3) is 0 Å². The summed E-state index contributed by atoms with van der Waals surface area (Å²) in [6.07, 6.45) is 5.84. The average molecular weight is 422 g/mol. The van der Waals surface area contributed by atoms with E-state index in [1.54, 1.807) is 24.3 Å². The van der Waals surface area contributed by atoms with Gasteiger partial charge in [-0.05, 0) is 49.2 Å². The number of nitrogens with zero attached hydrogens (tertiary/aromatic N) is 2. The summed E-state index contributed by atoms with van der Waals surface area (Å²) in [7, 11) is -3.54. The highest BCUT2D eigenvalue weighted by Gasteiger charge is 2.26. The van der Waals surface area contributed by atoms with Crippen molar-refractivity contribution in [2.75, 3.05) is 18.4 Å². The second kappa shape index (κ2) is 8.77. The summed E-state index contributed by atoms with van der Waals surface area (Å²) in [6, 6.07) is 17.9. The van der Waals surface area contributed by atoms with E-state index >= 15 is 0 Å². The van der Waals surface area contributed by atoms with Crippen LogP contribution in [-0.2, 0) is 14.8 Å². The first kappa shape index (κ1) is 20.3. The number of amides is 1. The highest BCUT2D eigenvalue weighted by Crippen LogP contribution is 2.23. The summed E-state index contributed by atoms with van der Waals surface area (Å²) in [5, 5.41) is 3.76. The van der Waals surface area contributed by atoms with Gasteiger partial charge in [-0.15, -0.1) is 0 Å². The molecule has 3 aromatic rings. The van der Waals surface area contributed by atoms with Crippen LogP contribution in [0.25, 0.3) is 17.0 Å². The number of aromatic nitrogens is 1. The SMILES string of the molecule is O=C(C=Cc1ccc2ccccc2n1)Nc1cccc(S(=O)(=O)N2CCCCC2)c1. The Balaban J connectivity index is 1.46. The molecular formula is C23H23N3O3S. The molecule has 1 N–H and O–H groups in total. The van der Waals surface area contributed by atoms with E-state index in [1.807, 2.05) is 36.4 Å². The molecule has 0 unspecified atom stereocenters. The number of pyridine rings is 1. The van der Waals surface area contributed by atoms with Gasteiger partial charge in [-0.1, -0.05) is 36.8 Å². The van der Waals surface area contributed by atoms with Gasteiger partial charge in [-0.25, -0.2) is 13.4 Å². The molecule has 2 heterocycles. The summed E-state index contributed by atoms with van der Waals surface area (Å²) in [5.41, 5.74) is 1.97. The van der Waals surface area contributed by atoms with Gasteiger partial charge in [0.1, 0.15) is 0 Å². The van der Waals surface area contributed by atoms with E-state index in [1.165, 1.54) is 16.4 Å². The molecule has 1 fully saturated rings. The molecular weight excluding hydrogens is 398 g/mol. The number of piperidine rings is 1. The third-order valence-electron chi connectivity index (χ3n) is 5.08. The van der Waals surface area contributed by atoms with Crippen molar-refractivity contribution in [1.29, 1.82) is 0 Å². The van der Waals surface area contributed by atoms with Crippen molar-refractivity contribution >= 4 is 38.6 Å². The Kier molecular flexibility index (Phi) is 5.92. The van der Waals surface area contributed by atoms with E-state index < -0.39 is 10.0 Å². The van der Waals surface area contributed by atoms with Gasteiger partial charge < -0.3 is 5.32 Å². The van der Waals surface area contributed by atoms with Crippen LogP contribution in [0.4, 0.5) is 5.69 Å². The molecule has 0 atom stereocenters. The second-order valence-electron chi connectivity index (χ2n) is 7.24. The molecule has 1 amide bonds. The predicted molar refractivity (Wildman–Crippen MR) is 118 cm³/mol. The van der Waals surface area contributed by atoms with Crippen molar-refractivity contribution in [2.45, 2.75) is 24.2 Å². The molecule has 1 aliphatic heterocycles. The van der Waals surface area contributed by atoms with Crippen LogP contribution in [0.2, 0.25) is 0 Å². The summed E-state index contributed by atoms with van der Waals surface area (Å²) in [6.45, 7) is 1.08. The number of para-hydroxylation sites is 1. The van der Waals surface area contributed by atoms with Crippen LogP contribution in [0.3, 0.4) is 0 Å². The second-order valence-corrected chi connectivity index (χ2v) is 9.18. The summed E-state index contributed by atoms with van der Waals surface area (Å²) in [4.78, 5) is 17.0. The quantitative estimate of drug-likeness (QED) is 0.630. The van der Waals surface area contributed by atoms with Gasteiger partial charge in [0.2, 0.25) is 15.9 Å². The zero-order valence-corrected chi connectivity index (χ0v) is 17.3. The van der Waals surface area contributed by atoms with E-state index in [4.69, 9.17) is 0 Å². The van der Waals surface area contributed by atoms with Gasteiger partial charge in [-0.2, -0.15) is 4.31 Å². The topological polar surface area (TPSA) is 79.4 Å². The van der Waals surface area contributed by atoms with E-state index in [0.29, 0.717) is 24.5 Å². The molecule has 2 aromatic carbocycles. The van der Waals surface area contributed by atoms with Crippen molar-refractivity contribution < 1.29 is 13.2 Å². The minimum Gasteiger partial charge on any atom is -0.322 e. The van der Waals surface area contributed by atoms with Gasteiger partial charge >= 0.3 is 0 Å². The lowest BCUT2D eigenvalue weighted by molar-refractivity contribution is -0.111. The monoisotopic (exact) mass is 421 g/mol. The Hall–Kier alpha value is -3.03. The molecule has 0 aliphatic carbocycles. The molecule has 154 valence electrons. The minimum absolute atomic E-state index is 0.197. The van der Waals surface area contributed by atoms with Crippen molar-refractivity contribution in [2.24, 2.45) is 0 Å². The smallest absolute Gasteiger partial charge is 0.248 e. The first-order valence-corrected chi connectivity index (χ1v) is 11.4. The van der Waals surface area contributed by atoms with Crippen molar-refractivity contribution in [3.63, 3.8) is 0 Å². The van der Waals surface area contributed by atoms with Gasteiger partial charge in [0.05, 0.1) is 16.1 Å². The molecule has 30 heavy (non-hydrogen) atoms. The first-order chi connectivity index (χ1) is 14.5. The highest BCUT2D eigenvalue weighted by atomic mass is 32.2. The average Bonchev–Trinajstić information content (AvgIpc) is 2.78. The summed E-state index contributed by atoms with van der Waals surface area (Å²) in [5.74, 6) is -0.350. The number of sulfonamides is 1. The van der Waals surface area contributed by atoms with Crippen LogP contribution in [0, 0.1) is 0 Å². The Morgan fingerprint density at radius 2 is 1.77 bits per heavy atom. The van der Waals surface area contributed by atoms with Crippen LogP contribution < -0.4 is 5.32 Å². The number of carbonyl (C=O) groups is 1. The van der Waals surface area contributed by atoms with Gasteiger partial charge in [0.15, 0.2) is 0 Å². The maximum Gasteiger partial charge on any atom is 0.248 e. The number of benzene rings is 2. The zero-order chi connectivity index (χ0) is 21.0. The molecule has 4 rings (SSSR count). The largest absolute Gasteiger partial charge is 0.322 e. The van der Waals surface area contributed by atoms with Crippen LogP contribution >= 0.6 is 0 Å². The fourth-order valence-electron chi connectivity index (χ4n) is 3.51. The molecule has 1 saturated heterocycles. The van der Waals surface area contributed by atoms with Crippen molar-refractivity contribution in [3.05, 3.63) is 72.4 Å². The van der Waals surface area contributed by atoms with E-state index in [2.05, 4.69) is 10.3 Å². The first-order valence-electron chi connectivity index (χ1n) is 9.97. The van der Waals surface area contributed by atoms with Crippen molar-refractivity contribution in [3.8, 4) is 0 Å². The number of hydrogen-bond donors (Lipinski definition) is 1. The molecule has 0 saturated carbocycles. The normalized spacial score (nSPS) is 15.5.